The average molecular weight is 277 g/mol. The second-order valence-corrected chi connectivity index (χ2v) is 4.51. The van der Waals surface area contributed by atoms with Crippen molar-refractivity contribution in [1.82, 2.24) is 0 Å². The summed E-state index contributed by atoms with van der Waals surface area (Å²) in [7, 11) is 0. The van der Waals surface area contributed by atoms with E-state index in [2.05, 4.69) is 0 Å². The minimum Gasteiger partial charge on any atom is -0.481 e. The molecular weight excluding hydrogens is 262 g/mol. The number of carbonyl (C=O) groups excluding carboxylic acids is 2. The van der Waals surface area contributed by atoms with Crippen molar-refractivity contribution in [2.24, 2.45) is 5.92 Å². The Morgan fingerprint density at radius 2 is 2.20 bits per heavy atom. The van der Waals surface area contributed by atoms with E-state index >= 15 is 0 Å². The van der Waals surface area contributed by atoms with Crippen molar-refractivity contribution in [3.8, 4) is 0 Å². The molecule has 1 saturated heterocycles. The van der Waals surface area contributed by atoms with Gasteiger partial charge in [-0.3, -0.25) is 9.59 Å². The Morgan fingerprint density at radius 1 is 1.45 bits per heavy atom. The summed E-state index contributed by atoms with van der Waals surface area (Å²) < 4.78 is 4.90. The first-order valence-electron chi connectivity index (χ1n) is 6.33. The van der Waals surface area contributed by atoms with E-state index in [1.807, 2.05) is 0 Å². The maximum Gasteiger partial charge on any atom is 0.338 e. The minimum absolute atomic E-state index is 0.0149. The van der Waals surface area contributed by atoms with E-state index in [4.69, 9.17) is 9.84 Å². The molecule has 6 heteroatoms. The Kier molecular flexibility index (Phi) is 4.02. The topological polar surface area (TPSA) is 83.9 Å². The summed E-state index contributed by atoms with van der Waals surface area (Å²) in [6.07, 6.45) is -0.0149. The number of ether oxygens (including phenoxy) is 1. The van der Waals surface area contributed by atoms with Crippen molar-refractivity contribution in [1.29, 1.82) is 0 Å². The second kappa shape index (κ2) is 5.73. The van der Waals surface area contributed by atoms with Gasteiger partial charge in [0.25, 0.3) is 0 Å². The van der Waals surface area contributed by atoms with Crippen LogP contribution in [0.1, 0.15) is 23.7 Å². The van der Waals surface area contributed by atoms with Crippen molar-refractivity contribution < 1.29 is 24.2 Å². The number of carboxylic acid groups (broad SMARTS) is 1. The highest BCUT2D eigenvalue weighted by atomic mass is 16.5. The zero-order valence-electron chi connectivity index (χ0n) is 11.0. The van der Waals surface area contributed by atoms with Crippen molar-refractivity contribution >= 4 is 23.5 Å². The van der Waals surface area contributed by atoms with E-state index in [1.54, 1.807) is 31.2 Å². The second-order valence-electron chi connectivity index (χ2n) is 4.51. The fourth-order valence-electron chi connectivity index (χ4n) is 2.14. The van der Waals surface area contributed by atoms with E-state index in [-0.39, 0.29) is 25.5 Å². The molecule has 1 amide bonds. The molecule has 6 nitrogen and oxygen atoms in total. The van der Waals surface area contributed by atoms with Crippen LogP contribution < -0.4 is 4.90 Å². The molecule has 1 aromatic carbocycles. The Bertz CT molecular complexity index is 554. The van der Waals surface area contributed by atoms with Gasteiger partial charge in [0.1, 0.15) is 0 Å². The number of amides is 1. The predicted molar refractivity (Wildman–Crippen MR) is 70.5 cm³/mol. The van der Waals surface area contributed by atoms with Crippen molar-refractivity contribution in [3.05, 3.63) is 29.8 Å². The first-order valence-corrected chi connectivity index (χ1v) is 6.33. The molecule has 2 rings (SSSR count). The molecule has 1 N–H and O–H groups in total. The normalized spacial score (nSPS) is 18.1. The van der Waals surface area contributed by atoms with Gasteiger partial charge in [-0.2, -0.15) is 0 Å². The SMILES string of the molecule is CCOC(=O)c1cccc(N2CC(C(=O)O)CC2=O)c1. The maximum atomic E-state index is 11.8. The molecule has 0 aromatic heterocycles. The monoisotopic (exact) mass is 277 g/mol. The smallest absolute Gasteiger partial charge is 0.338 e. The van der Waals surface area contributed by atoms with Gasteiger partial charge in [0.05, 0.1) is 18.1 Å². The van der Waals surface area contributed by atoms with Crippen LogP contribution >= 0.6 is 0 Å². The molecule has 1 aliphatic heterocycles. The number of nitrogens with zero attached hydrogens (tertiary/aromatic N) is 1. The highest BCUT2D eigenvalue weighted by Gasteiger charge is 2.35. The molecule has 20 heavy (non-hydrogen) atoms. The highest BCUT2D eigenvalue weighted by Crippen LogP contribution is 2.26. The van der Waals surface area contributed by atoms with Crippen LogP contribution in [0.15, 0.2) is 24.3 Å². The first-order chi connectivity index (χ1) is 9.52. The molecule has 0 saturated carbocycles. The average Bonchev–Trinajstić information content (AvgIpc) is 2.81. The third-order valence-corrected chi connectivity index (χ3v) is 3.14. The van der Waals surface area contributed by atoms with E-state index in [9.17, 15) is 14.4 Å². The van der Waals surface area contributed by atoms with Gasteiger partial charge in [-0.25, -0.2) is 4.79 Å². The highest BCUT2D eigenvalue weighted by molar-refractivity contribution is 6.00. The fourth-order valence-corrected chi connectivity index (χ4v) is 2.14. The molecule has 1 heterocycles. The van der Waals surface area contributed by atoms with Crippen molar-refractivity contribution in [3.63, 3.8) is 0 Å². The van der Waals surface area contributed by atoms with Crippen molar-refractivity contribution in [2.45, 2.75) is 13.3 Å². The number of benzene rings is 1. The number of esters is 1. The molecule has 1 aromatic rings. The van der Waals surface area contributed by atoms with Gasteiger partial charge in [-0.1, -0.05) is 6.07 Å². The third-order valence-electron chi connectivity index (χ3n) is 3.14. The predicted octanol–water partition coefficient (Wildman–Crippen LogP) is 1.30. The summed E-state index contributed by atoms with van der Waals surface area (Å²) in [5, 5.41) is 8.96. The Morgan fingerprint density at radius 3 is 2.80 bits per heavy atom. The van der Waals surface area contributed by atoms with Crippen LogP contribution in [0.4, 0.5) is 5.69 Å². The van der Waals surface area contributed by atoms with Crippen LogP contribution in [-0.2, 0) is 14.3 Å². The first kappa shape index (κ1) is 14.0. The molecule has 1 aliphatic rings. The number of anilines is 1. The van der Waals surface area contributed by atoms with Gasteiger partial charge in [0.2, 0.25) is 5.91 Å². The van der Waals surface area contributed by atoms with E-state index < -0.39 is 17.9 Å². The standard InChI is InChI=1S/C14H15NO5/c1-2-20-14(19)9-4-3-5-11(6-9)15-8-10(13(17)18)7-12(15)16/h3-6,10H,2,7-8H2,1H3,(H,17,18). The van der Waals surface area contributed by atoms with Gasteiger partial charge >= 0.3 is 11.9 Å². The van der Waals surface area contributed by atoms with Gasteiger partial charge in [-0.05, 0) is 25.1 Å². The van der Waals surface area contributed by atoms with Crippen molar-refractivity contribution in [2.75, 3.05) is 18.1 Å². The largest absolute Gasteiger partial charge is 0.481 e. The van der Waals surface area contributed by atoms with Crippen LogP contribution in [0, 0.1) is 5.92 Å². The lowest BCUT2D eigenvalue weighted by Crippen LogP contribution is -2.26. The zero-order chi connectivity index (χ0) is 14.7. The lowest BCUT2D eigenvalue weighted by atomic mass is 10.1. The van der Waals surface area contributed by atoms with E-state index in [0.717, 1.165) is 0 Å². The van der Waals surface area contributed by atoms with Gasteiger partial charge in [0, 0.05) is 18.7 Å². The molecule has 1 fully saturated rings. The summed E-state index contributed by atoms with van der Waals surface area (Å²) in [6.45, 7) is 2.11. The summed E-state index contributed by atoms with van der Waals surface area (Å²) >= 11 is 0. The van der Waals surface area contributed by atoms with Crippen LogP contribution in [0.2, 0.25) is 0 Å². The Balaban J connectivity index is 2.21. The molecule has 0 aliphatic carbocycles. The molecular formula is C14H15NO5. The number of carboxylic acids is 1. The molecule has 1 atom stereocenters. The van der Waals surface area contributed by atoms with Crippen LogP contribution in [0.3, 0.4) is 0 Å². The Hall–Kier alpha value is -2.37. The molecule has 0 spiro atoms. The van der Waals surface area contributed by atoms with Crippen LogP contribution in [-0.4, -0.2) is 36.1 Å². The lowest BCUT2D eigenvalue weighted by Gasteiger charge is -2.16. The minimum atomic E-state index is -0.984. The van der Waals surface area contributed by atoms with Gasteiger partial charge in [-0.15, -0.1) is 0 Å². The number of rotatable bonds is 4. The molecule has 0 radical (unpaired) electrons. The quantitative estimate of drug-likeness (QED) is 0.839. The fraction of sp³-hybridized carbons (Fsp3) is 0.357. The molecule has 0 bridgehead atoms. The Labute approximate surface area is 115 Å². The molecule has 106 valence electrons. The summed E-state index contributed by atoms with van der Waals surface area (Å²) in [5.74, 6) is -2.40. The van der Waals surface area contributed by atoms with Gasteiger partial charge < -0.3 is 14.7 Å². The number of aliphatic carboxylic acids is 1. The zero-order valence-corrected chi connectivity index (χ0v) is 11.0. The number of carbonyl (C=O) groups is 3. The van der Waals surface area contributed by atoms with Crippen LogP contribution in [0.5, 0.6) is 0 Å². The summed E-state index contributed by atoms with van der Waals surface area (Å²) in [4.78, 5) is 35.8. The third kappa shape index (κ3) is 2.79. The number of hydrogen-bond acceptors (Lipinski definition) is 4. The molecule has 1 unspecified atom stereocenters. The van der Waals surface area contributed by atoms with E-state index in [1.165, 1.54) is 4.90 Å². The maximum absolute atomic E-state index is 11.8. The summed E-state index contributed by atoms with van der Waals surface area (Å²) in [5.41, 5.74) is 0.861. The van der Waals surface area contributed by atoms with E-state index in [0.29, 0.717) is 11.3 Å². The summed E-state index contributed by atoms with van der Waals surface area (Å²) in [6, 6.07) is 6.45. The van der Waals surface area contributed by atoms with Crippen LogP contribution in [0.25, 0.3) is 0 Å². The number of hydrogen-bond donors (Lipinski definition) is 1. The van der Waals surface area contributed by atoms with Gasteiger partial charge in [0.15, 0.2) is 0 Å². The lowest BCUT2D eigenvalue weighted by molar-refractivity contribution is -0.141.